The highest BCUT2D eigenvalue weighted by Crippen LogP contribution is 2.29. The van der Waals surface area contributed by atoms with Crippen molar-refractivity contribution < 1.29 is 9.53 Å². The molecule has 0 unspecified atom stereocenters. The molecule has 1 aromatic carbocycles. The monoisotopic (exact) mass is 369 g/mol. The van der Waals surface area contributed by atoms with E-state index in [2.05, 4.69) is 4.90 Å². The molecule has 6 heteroatoms. The fourth-order valence-corrected chi connectivity index (χ4v) is 3.66. The second kappa shape index (κ2) is 7.47. The number of benzene rings is 1. The minimum atomic E-state index is -0.234. The molecule has 0 saturated carbocycles. The van der Waals surface area contributed by atoms with Gasteiger partial charge in [0.05, 0.1) is 12.8 Å². The summed E-state index contributed by atoms with van der Waals surface area (Å²) in [6.45, 7) is 7.78. The number of ether oxygens (including phenoxy) is 1. The van der Waals surface area contributed by atoms with Crippen molar-refractivity contribution in [2.24, 2.45) is 7.05 Å². The number of carbonyl (C=O) groups is 1. The zero-order valence-corrected chi connectivity index (χ0v) is 16.7. The van der Waals surface area contributed by atoms with Gasteiger partial charge in [0.15, 0.2) is 0 Å². The molecule has 1 amide bonds. The van der Waals surface area contributed by atoms with E-state index in [1.54, 1.807) is 29.7 Å². The molecule has 3 rings (SSSR count). The number of nitrogens with zero attached hydrogens (tertiary/aromatic N) is 3. The van der Waals surface area contributed by atoms with E-state index in [0.717, 1.165) is 22.7 Å². The maximum atomic E-state index is 13.1. The molecule has 1 fully saturated rings. The Hall–Kier alpha value is -2.76. The molecular formula is C21H27N3O3. The molecular weight excluding hydrogens is 342 g/mol. The maximum absolute atomic E-state index is 13.1. The van der Waals surface area contributed by atoms with Gasteiger partial charge in [0.2, 0.25) is 0 Å². The van der Waals surface area contributed by atoms with Crippen molar-refractivity contribution in [2.45, 2.75) is 26.8 Å². The van der Waals surface area contributed by atoms with Crippen molar-refractivity contribution in [3.05, 3.63) is 57.5 Å². The number of pyridine rings is 1. The van der Waals surface area contributed by atoms with Crippen LogP contribution in [0.3, 0.4) is 0 Å². The fourth-order valence-electron chi connectivity index (χ4n) is 3.66. The van der Waals surface area contributed by atoms with E-state index in [0.29, 0.717) is 19.6 Å². The van der Waals surface area contributed by atoms with E-state index in [1.807, 2.05) is 45.0 Å². The van der Waals surface area contributed by atoms with Crippen molar-refractivity contribution in [1.82, 2.24) is 9.47 Å². The van der Waals surface area contributed by atoms with Gasteiger partial charge in [-0.2, -0.15) is 0 Å². The second-order valence-electron chi connectivity index (χ2n) is 7.16. The van der Waals surface area contributed by atoms with Crippen LogP contribution in [0.1, 0.15) is 28.5 Å². The molecule has 1 aliphatic heterocycles. The number of piperazine rings is 1. The maximum Gasteiger partial charge on any atom is 0.263 e. The van der Waals surface area contributed by atoms with E-state index in [1.165, 1.54) is 0 Å². The summed E-state index contributed by atoms with van der Waals surface area (Å²) in [5.41, 5.74) is 2.87. The van der Waals surface area contributed by atoms with Crippen molar-refractivity contribution in [3.8, 4) is 5.75 Å². The third-order valence-electron chi connectivity index (χ3n) is 5.51. The molecule has 1 atom stereocenters. The first kappa shape index (κ1) is 19.0. The van der Waals surface area contributed by atoms with Crippen LogP contribution in [-0.2, 0) is 7.05 Å². The topological polar surface area (TPSA) is 54.8 Å². The number of para-hydroxylation sites is 2. The lowest BCUT2D eigenvalue weighted by Crippen LogP contribution is -2.55. The number of aryl methyl sites for hydroxylation is 1. The van der Waals surface area contributed by atoms with Crippen molar-refractivity contribution in [1.29, 1.82) is 0 Å². The van der Waals surface area contributed by atoms with Gasteiger partial charge >= 0.3 is 0 Å². The van der Waals surface area contributed by atoms with Gasteiger partial charge in [0.1, 0.15) is 11.3 Å². The second-order valence-corrected chi connectivity index (χ2v) is 7.16. The molecule has 1 saturated heterocycles. The number of hydrogen-bond acceptors (Lipinski definition) is 4. The highest BCUT2D eigenvalue weighted by atomic mass is 16.5. The van der Waals surface area contributed by atoms with Crippen LogP contribution >= 0.6 is 0 Å². The quantitative estimate of drug-likeness (QED) is 0.834. The normalized spacial score (nSPS) is 17.1. The van der Waals surface area contributed by atoms with Crippen LogP contribution in [0, 0.1) is 13.8 Å². The predicted molar refractivity (Wildman–Crippen MR) is 107 cm³/mol. The lowest BCUT2D eigenvalue weighted by atomic mass is 10.1. The van der Waals surface area contributed by atoms with E-state index < -0.39 is 0 Å². The van der Waals surface area contributed by atoms with Crippen molar-refractivity contribution in [2.75, 3.05) is 31.6 Å². The number of amides is 1. The van der Waals surface area contributed by atoms with Gasteiger partial charge < -0.3 is 19.1 Å². The smallest absolute Gasteiger partial charge is 0.263 e. The van der Waals surface area contributed by atoms with Crippen molar-refractivity contribution in [3.63, 3.8) is 0 Å². The zero-order valence-electron chi connectivity index (χ0n) is 16.7. The van der Waals surface area contributed by atoms with Gasteiger partial charge in [-0.05, 0) is 44.5 Å². The average molecular weight is 369 g/mol. The summed E-state index contributed by atoms with van der Waals surface area (Å²) in [4.78, 5) is 29.7. The predicted octanol–water partition coefficient (Wildman–Crippen LogP) is 2.36. The lowest BCUT2D eigenvalue weighted by Gasteiger charge is -2.41. The number of carbonyl (C=O) groups excluding carboxylic acids is 1. The molecule has 0 bridgehead atoms. The number of hydrogen-bond donors (Lipinski definition) is 0. The molecule has 0 spiro atoms. The Balaban J connectivity index is 1.83. The van der Waals surface area contributed by atoms with Crippen LogP contribution < -0.4 is 15.2 Å². The minimum Gasteiger partial charge on any atom is -0.495 e. The molecule has 0 aliphatic carbocycles. The molecule has 2 heterocycles. The van der Waals surface area contributed by atoms with Crippen LogP contribution in [-0.4, -0.2) is 48.2 Å². The molecule has 1 aromatic heterocycles. The van der Waals surface area contributed by atoms with Gasteiger partial charge in [-0.3, -0.25) is 9.59 Å². The van der Waals surface area contributed by atoms with Crippen LogP contribution in [0.4, 0.5) is 5.69 Å². The molecule has 0 radical (unpaired) electrons. The molecule has 1 aliphatic rings. The first-order chi connectivity index (χ1) is 12.8. The molecule has 144 valence electrons. The number of aromatic nitrogens is 1. The summed E-state index contributed by atoms with van der Waals surface area (Å²) in [7, 11) is 3.38. The molecule has 2 aromatic rings. The van der Waals surface area contributed by atoms with Gasteiger partial charge in [-0.1, -0.05) is 12.1 Å². The van der Waals surface area contributed by atoms with Gasteiger partial charge in [0.25, 0.3) is 11.5 Å². The van der Waals surface area contributed by atoms with Gasteiger partial charge in [-0.15, -0.1) is 0 Å². The van der Waals surface area contributed by atoms with Crippen LogP contribution in [0.25, 0.3) is 0 Å². The van der Waals surface area contributed by atoms with Crippen LogP contribution in [0.5, 0.6) is 5.75 Å². The highest BCUT2D eigenvalue weighted by Gasteiger charge is 2.30. The van der Waals surface area contributed by atoms with E-state index in [-0.39, 0.29) is 23.1 Å². The summed E-state index contributed by atoms with van der Waals surface area (Å²) >= 11 is 0. The Labute approximate surface area is 160 Å². The number of anilines is 1. The SMILES string of the molecule is COc1ccccc1N1CCN(C(=O)c2cc(C)c(C)n(C)c2=O)[C@@H](C)C1. The van der Waals surface area contributed by atoms with E-state index in [4.69, 9.17) is 4.74 Å². The molecule has 27 heavy (non-hydrogen) atoms. The van der Waals surface area contributed by atoms with E-state index in [9.17, 15) is 9.59 Å². The minimum absolute atomic E-state index is 0.0116. The Morgan fingerprint density at radius 3 is 2.56 bits per heavy atom. The lowest BCUT2D eigenvalue weighted by molar-refractivity contribution is 0.0671. The van der Waals surface area contributed by atoms with Crippen LogP contribution in [0.15, 0.2) is 35.1 Å². The first-order valence-corrected chi connectivity index (χ1v) is 9.21. The Kier molecular flexibility index (Phi) is 5.26. The first-order valence-electron chi connectivity index (χ1n) is 9.21. The Morgan fingerprint density at radius 2 is 1.89 bits per heavy atom. The third-order valence-corrected chi connectivity index (χ3v) is 5.51. The summed E-state index contributed by atoms with van der Waals surface area (Å²) in [6.07, 6.45) is 0. The summed E-state index contributed by atoms with van der Waals surface area (Å²) in [6, 6.07) is 9.61. The standard InChI is InChI=1S/C21H27N3O3/c1-14-12-17(20(25)22(4)16(14)3)21(26)24-11-10-23(13-15(24)2)18-8-6-7-9-19(18)27-5/h6-9,12,15H,10-11,13H2,1-5H3/t15-/m0/s1. The largest absolute Gasteiger partial charge is 0.495 e. The van der Waals surface area contributed by atoms with Gasteiger partial charge in [0, 0.05) is 38.4 Å². The Bertz CT molecular complexity index is 919. The molecule has 6 nitrogen and oxygen atoms in total. The molecule has 0 N–H and O–H groups in total. The van der Waals surface area contributed by atoms with Crippen molar-refractivity contribution >= 4 is 11.6 Å². The van der Waals surface area contributed by atoms with Gasteiger partial charge in [-0.25, -0.2) is 0 Å². The summed E-state index contributed by atoms with van der Waals surface area (Å²) in [5.74, 6) is 0.637. The zero-order chi connectivity index (χ0) is 19.7. The fraction of sp³-hybridized carbons (Fsp3) is 0.429. The highest BCUT2D eigenvalue weighted by molar-refractivity contribution is 5.94. The summed E-state index contributed by atoms with van der Waals surface area (Å²) < 4.78 is 7.02. The number of methoxy groups -OCH3 is 1. The third kappa shape index (κ3) is 3.44. The van der Waals surface area contributed by atoms with Crippen LogP contribution in [0.2, 0.25) is 0 Å². The van der Waals surface area contributed by atoms with E-state index >= 15 is 0 Å². The number of rotatable bonds is 3. The summed E-state index contributed by atoms with van der Waals surface area (Å²) in [5, 5.41) is 0. The average Bonchev–Trinajstić information content (AvgIpc) is 2.68. The Morgan fingerprint density at radius 1 is 1.19 bits per heavy atom.